The second kappa shape index (κ2) is 7.42. The van der Waals surface area contributed by atoms with E-state index >= 15 is 0 Å². The third-order valence-electron chi connectivity index (χ3n) is 5.66. The number of methoxy groups -OCH3 is 2. The van der Waals surface area contributed by atoms with E-state index in [1.807, 2.05) is 0 Å². The molecule has 0 aromatic heterocycles. The van der Waals surface area contributed by atoms with Crippen LogP contribution in [0.2, 0.25) is 0 Å². The summed E-state index contributed by atoms with van der Waals surface area (Å²) in [5, 5.41) is 2.70. The quantitative estimate of drug-likeness (QED) is 0.561. The predicted octanol–water partition coefficient (Wildman–Crippen LogP) is 1.77. The molecule has 2 aliphatic rings. The largest absolute Gasteiger partial charge is 0.493 e. The fraction of sp³-hybridized carbons (Fsp3) is 0.273. The van der Waals surface area contributed by atoms with E-state index in [1.165, 1.54) is 14.2 Å². The summed E-state index contributed by atoms with van der Waals surface area (Å²) < 4.78 is 10.5. The van der Waals surface area contributed by atoms with Gasteiger partial charge in [-0.15, -0.1) is 0 Å². The topological polar surface area (TPSA) is 105 Å². The first-order chi connectivity index (χ1) is 14.8. The number of rotatable bonds is 6. The monoisotopic (exact) mass is 423 g/mol. The van der Waals surface area contributed by atoms with Crippen LogP contribution in [-0.4, -0.2) is 60.9 Å². The molecule has 1 fully saturated rings. The van der Waals surface area contributed by atoms with Crippen LogP contribution in [0.1, 0.15) is 33.2 Å². The normalized spacial score (nSPS) is 20.2. The molecule has 5 amide bonds. The minimum absolute atomic E-state index is 0.0898. The van der Waals surface area contributed by atoms with Crippen molar-refractivity contribution >= 4 is 23.8 Å². The summed E-state index contributed by atoms with van der Waals surface area (Å²) in [7, 11) is 2.98. The second-order valence-corrected chi connectivity index (χ2v) is 7.39. The van der Waals surface area contributed by atoms with E-state index in [2.05, 4.69) is 5.32 Å². The summed E-state index contributed by atoms with van der Waals surface area (Å²) in [6.45, 7) is 1.39. The molecule has 2 aromatic rings. The number of carbonyl (C=O) groups excluding carboxylic acids is 4. The maximum atomic E-state index is 13.2. The van der Waals surface area contributed by atoms with Gasteiger partial charge >= 0.3 is 6.03 Å². The molecule has 0 spiro atoms. The van der Waals surface area contributed by atoms with Crippen LogP contribution in [0, 0.1) is 0 Å². The summed E-state index contributed by atoms with van der Waals surface area (Å²) in [5.41, 5.74) is -0.162. The zero-order chi connectivity index (χ0) is 22.3. The number of urea groups is 1. The molecule has 9 nitrogen and oxygen atoms in total. The molecule has 160 valence electrons. The highest BCUT2D eigenvalue weighted by molar-refractivity contribution is 6.21. The minimum Gasteiger partial charge on any atom is -0.493 e. The van der Waals surface area contributed by atoms with E-state index in [9.17, 15) is 19.2 Å². The molecular formula is C22H21N3O6. The molecule has 1 saturated heterocycles. The Morgan fingerprint density at radius 1 is 0.839 bits per heavy atom. The maximum Gasteiger partial charge on any atom is 0.325 e. The van der Waals surface area contributed by atoms with Gasteiger partial charge in [-0.3, -0.25) is 24.2 Å². The highest BCUT2D eigenvalue weighted by atomic mass is 16.5. The van der Waals surface area contributed by atoms with Crippen molar-refractivity contribution < 1.29 is 28.7 Å². The molecule has 0 aliphatic carbocycles. The molecule has 2 aliphatic heterocycles. The Balaban J connectivity index is 1.53. The van der Waals surface area contributed by atoms with Crippen molar-refractivity contribution in [2.24, 2.45) is 0 Å². The Morgan fingerprint density at radius 3 is 2.00 bits per heavy atom. The van der Waals surface area contributed by atoms with Gasteiger partial charge < -0.3 is 14.8 Å². The first-order valence-electron chi connectivity index (χ1n) is 9.63. The van der Waals surface area contributed by atoms with Gasteiger partial charge in [-0.2, -0.15) is 0 Å². The van der Waals surface area contributed by atoms with Crippen molar-refractivity contribution in [3.63, 3.8) is 0 Å². The van der Waals surface area contributed by atoms with Gasteiger partial charge in [0.2, 0.25) is 0 Å². The van der Waals surface area contributed by atoms with Crippen LogP contribution in [-0.2, 0) is 10.3 Å². The molecule has 0 radical (unpaired) electrons. The Hall–Kier alpha value is -3.88. The lowest BCUT2D eigenvalue weighted by Crippen LogP contribution is -2.43. The molecule has 2 heterocycles. The highest BCUT2D eigenvalue weighted by Gasteiger charge is 2.49. The van der Waals surface area contributed by atoms with E-state index in [4.69, 9.17) is 9.47 Å². The van der Waals surface area contributed by atoms with Crippen LogP contribution in [0.4, 0.5) is 4.79 Å². The number of nitrogens with one attached hydrogen (secondary N) is 1. The molecule has 1 unspecified atom stereocenters. The Bertz CT molecular complexity index is 1080. The van der Waals surface area contributed by atoms with Gasteiger partial charge in [0.1, 0.15) is 5.54 Å². The number of carbonyl (C=O) groups is 4. The van der Waals surface area contributed by atoms with Crippen molar-refractivity contribution in [1.82, 2.24) is 15.1 Å². The van der Waals surface area contributed by atoms with Crippen LogP contribution < -0.4 is 14.8 Å². The Kier molecular flexibility index (Phi) is 4.88. The highest BCUT2D eigenvalue weighted by Crippen LogP contribution is 2.35. The van der Waals surface area contributed by atoms with Crippen molar-refractivity contribution in [2.75, 3.05) is 27.3 Å². The molecule has 0 bridgehead atoms. The summed E-state index contributed by atoms with van der Waals surface area (Å²) in [4.78, 5) is 52.9. The number of fused-ring (bicyclic) bond motifs is 1. The van der Waals surface area contributed by atoms with E-state index in [1.54, 1.807) is 49.4 Å². The lowest BCUT2D eigenvalue weighted by atomic mass is 9.91. The van der Waals surface area contributed by atoms with E-state index in [-0.39, 0.29) is 13.1 Å². The number of nitrogens with zero attached hydrogens (tertiary/aromatic N) is 2. The third kappa shape index (κ3) is 3.09. The molecule has 1 N–H and O–H groups in total. The van der Waals surface area contributed by atoms with E-state index in [0.717, 1.165) is 9.80 Å². The van der Waals surface area contributed by atoms with Crippen molar-refractivity contribution in [3.05, 3.63) is 59.2 Å². The van der Waals surface area contributed by atoms with Crippen molar-refractivity contribution in [3.8, 4) is 11.5 Å². The summed E-state index contributed by atoms with van der Waals surface area (Å²) >= 11 is 0. The van der Waals surface area contributed by atoms with Crippen LogP contribution >= 0.6 is 0 Å². The lowest BCUT2D eigenvalue weighted by molar-refractivity contribution is -0.131. The maximum absolute atomic E-state index is 13.2. The van der Waals surface area contributed by atoms with E-state index in [0.29, 0.717) is 28.2 Å². The van der Waals surface area contributed by atoms with Gasteiger partial charge in [-0.05, 0) is 36.8 Å². The Morgan fingerprint density at radius 2 is 1.42 bits per heavy atom. The van der Waals surface area contributed by atoms with Gasteiger partial charge in [0.25, 0.3) is 17.7 Å². The minimum atomic E-state index is -1.32. The first-order valence-corrected chi connectivity index (χ1v) is 9.63. The molecule has 2 aromatic carbocycles. The van der Waals surface area contributed by atoms with Gasteiger partial charge in [0.05, 0.1) is 25.3 Å². The predicted molar refractivity (Wildman–Crippen MR) is 109 cm³/mol. The summed E-state index contributed by atoms with van der Waals surface area (Å²) in [6, 6.07) is 10.9. The first kappa shape index (κ1) is 20.4. The second-order valence-electron chi connectivity index (χ2n) is 7.39. The molecule has 4 rings (SSSR count). The van der Waals surface area contributed by atoms with Crippen LogP contribution in [0.3, 0.4) is 0 Å². The zero-order valence-electron chi connectivity index (χ0n) is 17.3. The van der Waals surface area contributed by atoms with Gasteiger partial charge in [-0.25, -0.2) is 4.79 Å². The smallest absolute Gasteiger partial charge is 0.325 e. The van der Waals surface area contributed by atoms with Crippen LogP contribution in [0.25, 0.3) is 0 Å². The van der Waals surface area contributed by atoms with Crippen molar-refractivity contribution in [2.45, 2.75) is 12.5 Å². The average molecular weight is 423 g/mol. The zero-order valence-corrected chi connectivity index (χ0v) is 17.3. The standard InChI is InChI=1S/C22H21N3O6/c1-22(13-8-9-16(30-2)17(12-13)31-3)20(28)25(21(29)23-22)11-10-24-18(26)14-6-4-5-7-15(14)19(24)27/h4-9,12H,10-11H2,1-3H3,(H,23,29). The van der Waals surface area contributed by atoms with Crippen LogP contribution in [0.5, 0.6) is 11.5 Å². The number of ether oxygens (including phenoxy) is 2. The fourth-order valence-electron chi connectivity index (χ4n) is 3.89. The molecule has 1 atom stereocenters. The number of imide groups is 2. The molecule has 9 heteroatoms. The fourth-order valence-corrected chi connectivity index (χ4v) is 3.89. The molecule has 31 heavy (non-hydrogen) atoms. The number of benzene rings is 2. The summed E-state index contributed by atoms with van der Waals surface area (Å²) in [5.74, 6) is -0.436. The van der Waals surface area contributed by atoms with Crippen molar-refractivity contribution in [1.29, 1.82) is 0 Å². The van der Waals surface area contributed by atoms with Crippen LogP contribution in [0.15, 0.2) is 42.5 Å². The lowest BCUT2D eigenvalue weighted by Gasteiger charge is -2.24. The number of hydrogen-bond acceptors (Lipinski definition) is 6. The third-order valence-corrected chi connectivity index (χ3v) is 5.66. The molecular weight excluding hydrogens is 402 g/mol. The van der Waals surface area contributed by atoms with E-state index < -0.39 is 29.3 Å². The van der Waals surface area contributed by atoms with Gasteiger partial charge in [0, 0.05) is 13.1 Å². The number of hydrogen-bond donors (Lipinski definition) is 1. The van der Waals surface area contributed by atoms with Gasteiger partial charge in [0.15, 0.2) is 11.5 Å². The SMILES string of the molecule is COc1ccc(C2(C)NC(=O)N(CCN3C(=O)c4ccccc4C3=O)C2=O)cc1OC. The number of amides is 5. The Labute approximate surface area is 178 Å². The average Bonchev–Trinajstić information content (AvgIpc) is 3.16. The van der Waals surface area contributed by atoms with Gasteiger partial charge in [-0.1, -0.05) is 18.2 Å². The summed E-state index contributed by atoms with van der Waals surface area (Å²) in [6.07, 6.45) is 0. The molecule has 0 saturated carbocycles.